The monoisotopic (exact) mass is 402 g/mol. The molecule has 2 aromatic rings. The van der Waals surface area contributed by atoms with E-state index in [1.54, 1.807) is 7.11 Å². The van der Waals surface area contributed by atoms with E-state index in [2.05, 4.69) is 34.5 Å². The first-order valence-corrected chi connectivity index (χ1v) is 10.8. The molecule has 1 aliphatic heterocycles. The van der Waals surface area contributed by atoms with Gasteiger partial charge < -0.3 is 15.0 Å². The minimum Gasteiger partial charge on any atom is -0.497 e. The van der Waals surface area contributed by atoms with Gasteiger partial charge in [0, 0.05) is 37.6 Å². The molecule has 1 aromatic carbocycles. The summed E-state index contributed by atoms with van der Waals surface area (Å²) in [5.41, 5.74) is 1.13. The van der Waals surface area contributed by atoms with Crippen LogP contribution in [-0.4, -0.2) is 42.0 Å². The van der Waals surface area contributed by atoms with E-state index in [9.17, 15) is 4.79 Å². The van der Waals surface area contributed by atoms with Gasteiger partial charge in [-0.2, -0.15) is 4.37 Å². The fraction of sp³-hybridized carbons (Fsp3) is 0.571. The molecular formula is C21H30N4O2S. The van der Waals surface area contributed by atoms with Gasteiger partial charge in [0.05, 0.1) is 13.0 Å². The van der Waals surface area contributed by atoms with Crippen molar-refractivity contribution in [2.75, 3.05) is 31.6 Å². The van der Waals surface area contributed by atoms with Crippen molar-refractivity contribution in [3.63, 3.8) is 0 Å². The average Bonchev–Trinajstić information content (AvgIpc) is 3.16. The van der Waals surface area contributed by atoms with Crippen molar-refractivity contribution in [2.45, 2.75) is 39.5 Å². The van der Waals surface area contributed by atoms with Gasteiger partial charge in [-0.25, -0.2) is 4.98 Å². The number of nitrogens with zero attached hydrogens (tertiary/aromatic N) is 3. The van der Waals surface area contributed by atoms with E-state index in [1.165, 1.54) is 11.5 Å². The lowest BCUT2D eigenvalue weighted by molar-refractivity contribution is -0.125. The number of hydrogen-bond donors (Lipinski definition) is 1. The number of ether oxygens (including phenoxy) is 1. The van der Waals surface area contributed by atoms with Gasteiger partial charge in [-0.15, -0.1) is 0 Å². The molecule has 2 heterocycles. The van der Waals surface area contributed by atoms with Crippen molar-refractivity contribution in [1.82, 2.24) is 14.7 Å². The van der Waals surface area contributed by atoms with Crippen LogP contribution >= 0.6 is 11.5 Å². The normalized spacial score (nSPS) is 17.0. The zero-order valence-electron chi connectivity index (χ0n) is 17.0. The molecule has 7 heteroatoms. The quantitative estimate of drug-likeness (QED) is 0.732. The predicted molar refractivity (Wildman–Crippen MR) is 113 cm³/mol. The number of aromatic nitrogens is 2. The summed E-state index contributed by atoms with van der Waals surface area (Å²) >= 11 is 1.42. The van der Waals surface area contributed by atoms with E-state index in [-0.39, 0.29) is 11.8 Å². The van der Waals surface area contributed by atoms with Gasteiger partial charge in [0.1, 0.15) is 11.6 Å². The second kappa shape index (κ2) is 9.87. The minimum absolute atomic E-state index is 0.0339. The standard InChI is InChI=1S/C21H30N4O2S/c1-15(2)9-10-22-20(26)17-7-5-11-25(14-17)21-23-19(24-28-21)13-16-6-4-8-18(12-16)27-3/h4,6,8,12,15,17H,5,7,9-11,13-14H2,1-3H3,(H,22,26)/t17-/m0/s1. The molecule has 0 aliphatic carbocycles. The lowest BCUT2D eigenvalue weighted by atomic mass is 9.97. The molecule has 0 unspecified atom stereocenters. The summed E-state index contributed by atoms with van der Waals surface area (Å²) in [6.07, 6.45) is 3.65. The van der Waals surface area contributed by atoms with Crippen LogP contribution in [-0.2, 0) is 11.2 Å². The molecule has 0 bridgehead atoms. The molecule has 0 saturated carbocycles. The van der Waals surface area contributed by atoms with Gasteiger partial charge in [0.15, 0.2) is 0 Å². The second-order valence-corrected chi connectivity index (χ2v) is 8.51. The highest BCUT2D eigenvalue weighted by molar-refractivity contribution is 7.09. The summed E-state index contributed by atoms with van der Waals surface area (Å²) in [5, 5.41) is 4.01. The SMILES string of the molecule is COc1cccc(Cc2nsc(N3CCC[C@H](C(=O)NCCC(C)C)C3)n2)c1. The molecule has 0 radical (unpaired) electrons. The molecule has 1 aromatic heterocycles. The summed E-state index contributed by atoms with van der Waals surface area (Å²) in [4.78, 5) is 19.4. The third kappa shape index (κ3) is 5.67. The minimum atomic E-state index is 0.0339. The number of amides is 1. The molecule has 1 saturated heterocycles. The van der Waals surface area contributed by atoms with Gasteiger partial charge >= 0.3 is 0 Å². The van der Waals surface area contributed by atoms with Crippen LogP contribution in [0.15, 0.2) is 24.3 Å². The summed E-state index contributed by atoms with van der Waals surface area (Å²) in [6, 6.07) is 7.98. The number of carbonyl (C=O) groups excluding carboxylic acids is 1. The van der Waals surface area contributed by atoms with Crippen LogP contribution in [0.3, 0.4) is 0 Å². The molecular weight excluding hydrogens is 372 g/mol. The number of carbonyl (C=O) groups is 1. The average molecular weight is 403 g/mol. The fourth-order valence-electron chi connectivity index (χ4n) is 3.40. The van der Waals surface area contributed by atoms with Gasteiger partial charge in [-0.1, -0.05) is 26.0 Å². The molecule has 28 heavy (non-hydrogen) atoms. The smallest absolute Gasteiger partial charge is 0.224 e. The Hall–Kier alpha value is -2.15. The van der Waals surface area contributed by atoms with E-state index in [4.69, 9.17) is 9.72 Å². The number of rotatable bonds is 8. The van der Waals surface area contributed by atoms with Crippen molar-refractivity contribution >= 4 is 22.6 Å². The van der Waals surface area contributed by atoms with Gasteiger partial charge in [-0.05, 0) is 42.9 Å². The largest absolute Gasteiger partial charge is 0.497 e. The van der Waals surface area contributed by atoms with E-state index in [1.807, 2.05) is 18.2 Å². The zero-order valence-corrected chi connectivity index (χ0v) is 17.8. The summed E-state index contributed by atoms with van der Waals surface area (Å²) < 4.78 is 9.81. The lowest BCUT2D eigenvalue weighted by Gasteiger charge is -2.31. The van der Waals surface area contributed by atoms with Crippen molar-refractivity contribution < 1.29 is 9.53 Å². The van der Waals surface area contributed by atoms with Crippen molar-refractivity contribution in [2.24, 2.45) is 11.8 Å². The van der Waals surface area contributed by atoms with Crippen LogP contribution in [0.1, 0.15) is 44.5 Å². The number of hydrogen-bond acceptors (Lipinski definition) is 6. The molecule has 1 atom stereocenters. The Labute approximate surface area is 171 Å². The van der Waals surface area contributed by atoms with Crippen LogP contribution < -0.4 is 15.0 Å². The number of anilines is 1. The second-order valence-electron chi connectivity index (χ2n) is 7.78. The Kier molecular flexibility index (Phi) is 7.25. The summed E-state index contributed by atoms with van der Waals surface area (Å²) in [7, 11) is 1.67. The Bertz CT molecular complexity index is 777. The highest BCUT2D eigenvalue weighted by atomic mass is 32.1. The van der Waals surface area contributed by atoms with Crippen LogP contribution in [0.5, 0.6) is 5.75 Å². The summed E-state index contributed by atoms with van der Waals surface area (Å²) in [6.45, 7) is 6.77. The highest BCUT2D eigenvalue weighted by Crippen LogP contribution is 2.26. The molecule has 1 fully saturated rings. The molecule has 1 aliphatic rings. The van der Waals surface area contributed by atoms with E-state index >= 15 is 0 Å². The van der Waals surface area contributed by atoms with E-state index < -0.39 is 0 Å². The number of benzene rings is 1. The molecule has 3 rings (SSSR count). The topological polar surface area (TPSA) is 67.3 Å². The third-order valence-corrected chi connectivity index (χ3v) is 5.85. The first kappa shape index (κ1) is 20.6. The maximum atomic E-state index is 12.5. The molecule has 1 N–H and O–H groups in total. The number of nitrogens with one attached hydrogen (secondary N) is 1. The first-order valence-electron chi connectivity index (χ1n) is 10.0. The van der Waals surface area contributed by atoms with E-state index in [0.29, 0.717) is 12.3 Å². The zero-order chi connectivity index (χ0) is 19.9. The van der Waals surface area contributed by atoms with Crippen LogP contribution in [0.25, 0.3) is 0 Å². The Morgan fingerprint density at radius 2 is 2.29 bits per heavy atom. The van der Waals surface area contributed by atoms with Crippen molar-refractivity contribution in [1.29, 1.82) is 0 Å². The van der Waals surface area contributed by atoms with E-state index in [0.717, 1.165) is 61.2 Å². The van der Waals surface area contributed by atoms with Gasteiger partial charge in [0.25, 0.3) is 0 Å². The van der Waals surface area contributed by atoms with Crippen molar-refractivity contribution in [3.8, 4) is 5.75 Å². The van der Waals surface area contributed by atoms with Crippen LogP contribution in [0.2, 0.25) is 0 Å². The molecule has 152 valence electrons. The van der Waals surface area contributed by atoms with Crippen molar-refractivity contribution in [3.05, 3.63) is 35.7 Å². The fourth-order valence-corrected chi connectivity index (χ4v) is 4.12. The van der Waals surface area contributed by atoms with Crippen LogP contribution in [0, 0.1) is 11.8 Å². The maximum absolute atomic E-state index is 12.5. The lowest BCUT2D eigenvalue weighted by Crippen LogP contribution is -2.43. The number of methoxy groups -OCH3 is 1. The molecule has 6 nitrogen and oxygen atoms in total. The first-order chi connectivity index (χ1) is 13.5. The highest BCUT2D eigenvalue weighted by Gasteiger charge is 2.27. The Morgan fingerprint density at radius 3 is 3.07 bits per heavy atom. The van der Waals surface area contributed by atoms with Gasteiger partial charge in [-0.3, -0.25) is 4.79 Å². The molecule has 0 spiro atoms. The Balaban J connectivity index is 1.57. The van der Waals surface area contributed by atoms with Crippen LogP contribution in [0.4, 0.5) is 5.13 Å². The number of piperidine rings is 1. The third-order valence-electron chi connectivity index (χ3n) is 5.04. The Morgan fingerprint density at radius 1 is 1.43 bits per heavy atom. The summed E-state index contributed by atoms with van der Waals surface area (Å²) in [5.74, 6) is 2.47. The van der Waals surface area contributed by atoms with Gasteiger partial charge in [0.2, 0.25) is 11.0 Å². The predicted octanol–water partition coefficient (Wildman–Crippen LogP) is 3.52. The molecule has 1 amide bonds. The maximum Gasteiger partial charge on any atom is 0.224 e.